The van der Waals surface area contributed by atoms with Crippen LogP contribution in [0.5, 0.6) is 0 Å². The lowest BCUT2D eigenvalue weighted by atomic mass is 10.1. The van der Waals surface area contributed by atoms with Gasteiger partial charge in [0.2, 0.25) is 5.91 Å². The molecule has 1 aliphatic heterocycles. The van der Waals surface area contributed by atoms with E-state index < -0.39 is 0 Å². The van der Waals surface area contributed by atoms with Gasteiger partial charge in [-0.2, -0.15) is 0 Å². The van der Waals surface area contributed by atoms with Crippen LogP contribution in [-0.4, -0.2) is 24.8 Å². The summed E-state index contributed by atoms with van der Waals surface area (Å²) in [4.78, 5) is 40.4. The maximum atomic E-state index is 12.6. The zero-order valence-corrected chi connectivity index (χ0v) is 15.3. The number of imide groups is 1. The average molecular weight is 370 g/mol. The Morgan fingerprint density at radius 3 is 1.89 bits per heavy atom. The number of para-hydroxylation sites is 1. The molecule has 1 aliphatic rings. The lowest BCUT2D eigenvalue weighted by Crippen LogP contribution is -2.29. The Bertz CT molecular complexity index is 1020. The molecule has 3 amide bonds. The molecule has 138 valence electrons. The summed E-state index contributed by atoms with van der Waals surface area (Å²) >= 11 is 0. The second kappa shape index (κ2) is 7.12. The number of anilines is 2. The van der Waals surface area contributed by atoms with Crippen LogP contribution in [0.25, 0.3) is 0 Å². The van der Waals surface area contributed by atoms with E-state index in [0.717, 1.165) is 11.3 Å². The van der Waals surface area contributed by atoms with Crippen molar-refractivity contribution in [3.63, 3.8) is 0 Å². The Morgan fingerprint density at radius 1 is 0.786 bits per heavy atom. The lowest BCUT2D eigenvalue weighted by Gasteiger charge is -2.18. The molecule has 0 atom stereocenters. The van der Waals surface area contributed by atoms with E-state index in [-0.39, 0.29) is 24.1 Å². The lowest BCUT2D eigenvalue weighted by molar-refractivity contribution is -0.117. The molecule has 1 heterocycles. The summed E-state index contributed by atoms with van der Waals surface area (Å²) in [7, 11) is 1.74. The van der Waals surface area contributed by atoms with Gasteiger partial charge in [0.05, 0.1) is 23.2 Å². The summed E-state index contributed by atoms with van der Waals surface area (Å²) in [5.41, 5.74) is 2.97. The first-order valence-electron chi connectivity index (χ1n) is 8.94. The molecule has 0 aromatic heterocycles. The first-order chi connectivity index (χ1) is 13.6. The predicted octanol–water partition coefficient (Wildman–Crippen LogP) is 3.69. The molecule has 3 aromatic rings. The Morgan fingerprint density at radius 2 is 1.32 bits per heavy atom. The molecule has 3 aromatic carbocycles. The number of fused-ring (bicyclic) bond motifs is 1. The molecule has 0 spiro atoms. The first-order valence-corrected chi connectivity index (χ1v) is 8.94. The maximum absolute atomic E-state index is 12.6. The Balaban J connectivity index is 1.50. The summed E-state index contributed by atoms with van der Waals surface area (Å²) < 4.78 is 0. The Kier molecular flexibility index (Phi) is 4.49. The number of rotatable bonds is 4. The van der Waals surface area contributed by atoms with E-state index in [2.05, 4.69) is 0 Å². The number of benzene rings is 3. The van der Waals surface area contributed by atoms with Gasteiger partial charge in [-0.25, -0.2) is 4.90 Å². The third-order valence-corrected chi connectivity index (χ3v) is 4.86. The van der Waals surface area contributed by atoms with E-state index in [4.69, 9.17) is 0 Å². The SMILES string of the molecule is CN(C(=O)Cc1ccc(N2C(=O)c3ccccc3C2=O)cc1)c1ccccc1. The molecular weight excluding hydrogens is 352 g/mol. The van der Waals surface area contributed by atoms with Crippen LogP contribution < -0.4 is 9.80 Å². The molecule has 0 saturated carbocycles. The number of carbonyl (C=O) groups is 3. The topological polar surface area (TPSA) is 57.7 Å². The molecule has 28 heavy (non-hydrogen) atoms. The normalized spacial score (nSPS) is 12.8. The molecule has 0 saturated heterocycles. The van der Waals surface area contributed by atoms with Gasteiger partial charge in [0.25, 0.3) is 11.8 Å². The van der Waals surface area contributed by atoms with Crippen LogP contribution in [-0.2, 0) is 11.2 Å². The van der Waals surface area contributed by atoms with Crippen molar-refractivity contribution in [1.82, 2.24) is 0 Å². The molecule has 4 rings (SSSR count). The van der Waals surface area contributed by atoms with E-state index in [1.54, 1.807) is 60.5 Å². The van der Waals surface area contributed by atoms with Crippen LogP contribution in [0.15, 0.2) is 78.9 Å². The highest BCUT2D eigenvalue weighted by molar-refractivity contribution is 6.34. The van der Waals surface area contributed by atoms with Gasteiger partial charge in [-0.15, -0.1) is 0 Å². The first kappa shape index (κ1) is 17.7. The van der Waals surface area contributed by atoms with E-state index in [0.29, 0.717) is 16.8 Å². The summed E-state index contributed by atoms with van der Waals surface area (Å²) in [6, 6.07) is 23.2. The predicted molar refractivity (Wildman–Crippen MR) is 108 cm³/mol. The van der Waals surface area contributed by atoms with Gasteiger partial charge in [0, 0.05) is 12.7 Å². The van der Waals surface area contributed by atoms with Crippen LogP contribution in [0.3, 0.4) is 0 Å². The number of hydrogen-bond acceptors (Lipinski definition) is 3. The standard InChI is InChI=1S/C23H18N2O3/c1-24(17-7-3-2-4-8-17)21(26)15-16-11-13-18(14-12-16)25-22(27)19-9-5-6-10-20(19)23(25)28/h2-14H,15H2,1H3. The Labute approximate surface area is 162 Å². The van der Waals surface area contributed by atoms with Crippen molar-refractivity contribution < 1.29 is 14.4 Å². The molecule has 0 aliphatic carbocycles. The number of hydrogen-bond donors (Lipinski definition) is 0. The minimum Gasteiger partial charge on any atom is -0.315 e. The third-order valence-electron chi connectivity index (χ3n) is 4.86. The summed E-state index contributed by atoms with van der Waals surface area (Å²) in [5, 5.41) is 0. The monoisotopic (exact) mass is 370 g/mol. The Hall–Kier alpha value is -3.73. The van der Waals surface area contributed by atoms with Crippen molar-refractivity contribution in [3.8, 4) is 0 Å². The summed E-state index contributed by atoms with van der Waals surface area (Å²) in [5.74, 6) is -0.693. The third kappa shape index (κ3) is 3.07. The number of carbonyl (C=O) groups excluding carboxylic acids is 3. The fourth-order valence-electron chi connectivity index (χ4n) is 3.28. The van der Waals surface area contributed by atoms with E-state index >= 15 is 0 Å². The van der Waals surface area contributed by atoms with Gasteiger partial charge < -0.3 is 4.90 Å². The van der Waals surface area contributed by atoms with Crippen molar-refractivity contribution >= 4 is 29.1 Å². The zero-order valence-electron chi connectivity index (χ0n) is 15.3. The van der Waals surface area contributed by atoms with Crippen molar-refractivity contribution in [2.75, 3.05) is 16.8 Å². The van der Waals surface area contributed by atoms with E-state index in [1.807, 2.05) is 30.3 Å². The second-order valence-electron chi connectivity index (χ2n) is 6.62. The highest BCUT2D eigenvalue weighted by atomic mass is 16.2. The van der Waals surface area contributed by atoms with Gasteiger partial charge in [-0.05, 0) is 42.0 Å². The van der Waals surface area contributed by atoms with E-state index in [1.165, 1.54) is 4.90 Å². The van der Waals surface area contributed by atoms with Gasteiger partial charge >= 0.3 is 0 Å². The van der Waals surface area contributed by atoms with Crippen molar-refractivity contribution in [2.45, 2.75) is 6.42 Å². The minimum absolute atomic E-state index is 0.0420. The van der Waals surface area contributed by atoms with Crippen molar-refractivity contribution in [2.24, 2.45) is 0 Å². The largest absolute Gasteiger partial charge is 0.315 e. The van der Waals surface area contributed by atoms with Gasteiger partial charge in [0.15, 0.2) is 0 Å². The molecule has 5 heteroatoms. The molecule has 0 bridgehead atoms. The fourth-order valence-corrected chi connectivity index (χ4v) is 3.28. The quantitative estimate of drug-likeness (QED) is 0.658. The number of nitrogens with zero attached hydrogens (tertiary/aromatic N) is 2. The van der Waals surface area contributed by atoms with Crippen LogP contribution in [0.4, 0.5) is 11.4 Å². The smallest absolute Gasteiger partial charge is 0.266 e. The molecular formula is C23H18N2O3. The molecule has 0 unspecified atom stereocenters. The zero-order chi connectivity index (χ0) is 19.7. The van der Waals surface area contributed by atoms with Crippen molar-refractivity contribution in [3.05, 3.63) is 95.6 Å². The minimum atomic E-state index is -0.326. The van der Waals surface area contributed by atoms with Crippen LogP contribution in [0.2, 0.25) is 0 Å². The highest BCUT2D eigenvalue weighted by Gasteiger charge is 2.36. The van der Waals surface area contributed by atoms with Crippen LogP contribution >= 0.6 is 0 Å². The van der Waals surface area contributed by atoms with Crippen molar-refractivity contribution in [1.29, 1.82) is 0 Å². The average Bonchev–Trinajstić information content (AvgIpc) is 2.99. The molecule has 5 nitrogen and oxygen atoms in total. The van der Waals surface area contributed by atoms with E-state index in [9.17, 15) is 14.4 Å². The van der Waals surface area contributed by atoms with Gasteiger partial charge in [-0.3, -0.25) is 14.4 Å². The number of amides is 3. The molecule has 0 N–H and O–H groups in total. The van der Waals surface area contributed by atoms with Crippen LogP contribution in [0, 0.1) is 0 Å². The van der Waals surface area contributed by atoms with Crippen LogP contribution in [0.1, 0.15) is 26.3 Å². The maximum Gasteiger partial charge on any atom is 0.266 e. The highest BCUT2D eigenvalue weighted by Crippen LogP contribution is 2.28. The van der Waals surface area contributed by atoms with Gasteiger partial charge in [0.1, 0.15) is 0 Å². The summed E-state index contributed by atoms with van der Waals surface area (Å²) in [6.45, 7) is 0. The number of likely N-dealkylation sites (N-methyl/N-ethyl adjacent to an activating group) is 1. The van der Waals surface area contributed by atoms with Gasteiger partial charge in [-0.1, -0.05) is 42.5 Å². The second-order valence-corrected chi connectivity index (χ2v) is 6.62. The molecule has 0 radical (unpaired) electrons. The molecule has 0 fully saturated rings. The summed E-state index contributed by atoms with van der Waals surface area (Å²) in [6.07, 6.45) is 0.230. The fraction of sp³-hybridized carbons (Fsp3) is 0.0870.